The lowest BCUT2D eigenvalue weighted by Crippen LogP contribution is -2.41. The van der Waals surface area contributed by atoms with E-state index in [-0.39, 0.29) is 18.4 Å². The number of nitrogens with one attached hydrogen (secondary N) is 1. The Balaban J connectivity index is 2.52. The van der Waals surface area contributed by atoms with Gasteiger partial charge in [0.25, 0.3) is 0 Å². The van der Waals surface area contributed by atoms with Gasteiger partial charge in [0.1, 0.15) is 11.2 Å². The maximum absolute atomic E-state index is 12.4. The Morgan fingerprint density at radius 2 is 1.48 bits per heavy atom. The third-order valence-corrected chi connectivity index (χ3v) is 4.35. The fraction of sp³-hybridized carbons (Fsp3) is 0.850. The quantitative estimate of drug-likeness (QED) is 0.673. The molecule has 0 bridgehead atoms. The molecule has 2 N–H and O–H groups in total. The van der Waals surface area contributed by atoms with Crippen molar-refractivity contribution in [3.05, 3.63) is 0 Å². The zero-order valence-electron chi connectivity index (χ0n) is 17.5. The fourth-order valence-electron chi connectivity index (χ4n) is 3.28. The molecule has 0 radical (unpaired) electrons. The van der Waals surface area contributed by atoms with Crippen molar-refractivity contribution in [2.75, 3.05) is 0 Å². The van der Waals surface area contributed by atoms with Crippen LogP contribution in [0.2, 0.25) is 0 Å². The van der Waals surface area contributed by atoms with Crippen molar-refractivity contribution in [1.29, 1.82) is 0 Å². The third-order valence-electron chi connectivity index (χ3n) is 4.35. The Bertz CT molecular complexity index is 524. The Labute approximate surface area is 162 Å². The van der Waals surface area contributed by atoms with Crippen molar-refractivity contribution in [1.82, 2.24) is 5.32 Å². The van der Waals surface area contributed by atoms with Gasteiger partial charge in [-0.1, -0.05) is 0 Å². The first-order valence-corrected chi connectivity index (χ1v) is 9.69. The molecule has 0 aliphatic heterocycles. The summed E-state index contributed by atoms with van der Waals surface area (Å²) >= 11 is 0. The molecule has 156 valence electrons. The maximum Gasteiger partial charge on any atom is 0.407 e. The lowest BCUT2D eigenvalue weighted by Gasteiger charge is -2.32. The summed E-state index contributed by atoms with van der Waals surface area (Å²) < 4.78 is 10.7. The van der Waals surface area contributed by atoms with E-state index in [0.29, 0.717) is 6.42 Å². The molecule has 1 aliphatic carbocycles. The Hall–Kier alpha value is -1.79. The molecule has 0 heterocycles. The average Bonchev–Trinajstić information content (AvgIpc) is 2.44. The first-order chi connectivity index (χ1) is 12.2. The molecule has 0 spiro atoms. The van der Waals surface area contributed by atoms with Gasteiger partial charge in [0.2, 0.25) is 0 Å². The van der Waals surface area contributed by atoms with Crippen molar-refractivity contribution < 1.29 is 29.0 Å². The van der Waals surface area contributed by atoms with Crippen LogP contribution in [0.4, 0.5) is 4.79 Å². The van der Waals surface area contributed by atoms with Crippen molar-refractivity contribution in [3.8, 4) is 0 Å². The number of amides is 1. The van der Waals surface area contributed by atoms with Gasteiger partial charge in [-0.25, -0.2) is 4.79 Å². The summed E-state index contributed by atoms with van der Waals surface area (Å²) in [5.74, 6) is -1.83. The van der Waals surface area contributed by atoms with E-state index >= 15 is 0 Å². The molecule has 1 aliphatic rings. The van der Waals surface area contributed by atoms with Crippen LogP contribution >= 0.6 is 0 Å². The molecule has 0 aromatic rings. The molecule has 1 amide bonds. The second kappa shape index (κ2) is 9.42. The average molecular weight is 386 g/mol. The summed E-state index contributed by atoms with van der Waals surface area (Å²) in [6.07, 6.45) is 3.11. The smallest absolute Gasteiger partial charge is 0.407 e. The molecule has 1 rings (SSSR count). The van der Waals surface area contributed by atoms with Crippen LogP contribution in [-0.4, -0.2) is 40.4 Å². The molecule has 0 aromatic heterocycles. The van der Waals surface area contributed by atoms with Crippen LogP contribution < -0.4 is 5.32 Å². The fourth-order valence-corrected chi connectivity index (χ4v) is 3.28. The summed E-state index contributed by atoms with van der Waals surface area (Å²) in [7, 11) is 0. The van der Waals surface area contributed by atoms with E-state index in [0.717, 1.165) is 25.7 Å². The highest BCUT2D eigenvalue weighted by atomic mass is 16.6. The molecular formula is C20H35NO6. The van der Waals surface area contributed by atoms with Crippen LogP contribution in [0.3, 0.4) is 0 Å². The van der Waals surface area contributed by atoms with Crippen LogP contribution in [0.15, 0.2) is 0 Å². The minimum absolute atomic E-state index is 0.0514. The van der Waals surface area contributed by atoms with Crippen molar-refractivity contribution >= 4 is 18.0 Å². The highest BCUT2D eigenvalue weighted by Gasteiger charge is 2.32. The zero-order chi connectivity index (χ0) is 20.8. The summed E-state index contributed by atoms with van der Waals surface area (Å²) in [5.41, 5.74) is -1.17. The van der Waals surface area contributed by atoms with Gasteiger partial charge in [-0.05, 0) is 79.6 Å². The largest absolute Gasteiger partial charge is 0.481 e. The van der Waals surface area contributed by atoms with Crippen LogP contribution in [0.25, 0.3) is 0 Å². The van der Waals surface area contributed by atoms with Crippen molar-refractivity contribution in [2.45, 2.75) is 97.3 Å². The van der Waals surface area contributed by atoms with Gasteiger partial charge in [-0.3, -0.25) is 9.59 Å². The van der Waals surface area contributed by atoms with Gasteiger partial charge in [0.05, 0.1) is 12.3 Å². The Morgan fingerprint density at radius 1 is 0.963 bits per heavy atom. The molecule has 1 saturated carbocycles. The first-order valence-electron chi connectivity index (χ1n) is 9.69. The lowest BCUT2D eigenvalue weighted by atomic mass is 9.80. The second-order valence-corrected chi connectivity index (χ2v) is 9.43. The van der Waals surface area contributed by atoms with Gasteiger partial charge >= 0.3 is 18.0 Å². The number of ether oxygens (including phenoxy) is 2. The third kappa shape index (κ3) is 10.2. The Kier molecular flexibility index (Phi) is 8.11. The topological polar surface area (TPSA) is 102 Å². The monoisotopic (exact) mass is 385 g/mol. The number of carboxylic acid groups (broad SMARTS) is 1. The van der Waals surface area contributed by atoms with Gasteiger partial charge in [-0.15, -0.1) is 0 Å². The number of hydrogen-bond acceptors (Lipinski definition) is 5. The number of rotatable bonds is 6. The Morgan fingerprint density at radius 3 is 1.93 bits per heavy atom. The van der Waals surface area contributed by atoms with Crippen LogP contribution in [0, 0.1) is 11.8 Å². The van der Waals surface area contributed by atoms with Crippen molar-refractivity contribution in [2.24, 2.45) is 11.8 Å². The normalized spacial score (nSPS) is 21.9. The van der Waals surface area contributed by atoms with Gasteiger partial charge in [0.15, 0.2) is 0 Å². The number of carbonyl (C=O) groups excluding carboxylic acids is 2. The van der Waals surface area contributed by atoms with E-state index in [1.54, 1.807) is 20.8 Å². The second-order valence-electron chi connectivity index (χ2n) is 9.43. The molecule has 7 nitrogen and oxygen atoms in total. The standard InChI is InChI=1S/C20H35NO6/c1-19(2,3)26-17(24)14(12-16(22)23)11-13-7-9-15(10-8-13)21-18(25)27-20(4,5)6/h13-15H,7-12H2,1-6H3,(H,21,25)(H,22,23). The number of aliphatic carboxylic acids is 1. The molecule has 27 heavy (non-hydrogen) atoms. The zero-order valence-corrected chi connectivity index (χ0v) is 17.5. The molecular weight excluding hydrogens is 350 g/mol. The first kappa shape index (κ1) is 23.2. The van der Waals surface area contributed by atoms with E-state index in [1.807, 2.05) is 20.8 Å². The van der Waals surface area contributed by atoms with Crippen molar-refractivity contribution in [3.63, 3.8) is 0 Å². The number of carboxylic acids is 1. The number of esters is 1. The summed E-state index contributed by atoms with van der Waals surface area (Å²) in [4.78, 5) is 35.4. The molecule has 0 saturated heterocycles. The van der Waals surface area contributed by atoms with Gasteiger partial charge in [-0.2, -0.15) is 0 Å². The van der Waals surface area contributed by atoms with E-state index in [1.165, 1.54) is 0 Å². The molecule has 1 atom stereocenters. The van der Waals surface area contributed by atoms with Crippen LogP contribution in [0.1, 0.15) is 80.1 Å². The number of alkyl carbamates (subject to hydrolysis) is 1. The predicted octanol–water partition coefficient (Wildman–Crippen LogP) is 3.89. The van der Waals surface area contributed by atoms with E-state index in [2.05, 4.69) is 5.32 Å². The highest BCUT2D eigenvalue weighted by molar-refractivity contribution is 5.79. The minimum Gasteiger partial charge on any atom is -0.481 e. The van der Waals surface area contributed by atoms with E-state index in [9.17, 15) is 14.4 Å². The number of carbonyl (C=O) groups is 3. The summed E-state index contributed by atoms with van der Waals surface area (Å²) in [6.45, 7) is 10.8. The lowest BCUT2D eigenvalue weighted by molar-refractivity contribution is -0.163. The summed E-state index contributed by atoms with van der Waals surface area (Å²) in [6, 6.07) is 0.0514. The van der Waals surface area contributed by atoms with E-state index in [4.69, 9.17) is 14.6 Å². The van der Waals surface area contributed by atoms with Crippen LogP contribution in [-0.2, 0) is 19.1 Å². The van der Waals surface area contributed by atoms with E-state index < -0.39 is 35.2 Å². The summed E-state index contributed by atoms with van der Waals surface area (Å²) in [5, 5.41) is 12.0. The minimum atomic E-state index is -0.994. The molecule has 1 fully saturated rings. The maximum atomic E-state index is 12.4. The number of hydrogen-bond donors (Lipinski definition) is 2. The SMILES string of the molecule is CC(C)(C)OC(=O)NC1CCC(CC(CC(=O)O)C(=O)OC(C)(C)C)CC1. The molecule has 7 heteroatoms. The van der Waals surface area contributed by atoms with Crippen LogP contribution in [0.5, 0.6) is 0 Å². The predicted molar refractivity (Wildman–Crippen MR) is 101 cm³/mol. The molecule has 1 unspecified atom stereocenters. The highest BCUT2D eigenvalue weighted by Crippen LogP contribution is 2.32. The van der Waals surface area contributed by atoms with Gasteiger partial charge in [0, 0.05) is 6.04 Å². The molecule has 0 aromatic carbocycles. The van der Waals surface area contributed by atoms with Gasteiger partial charge < -0.3 is 19.9 Å².